The molecule has 0 saturated heterocycles. The van der Waals surface area contributed by atoms with Gasteiger partial charge in [0.2, 0.25) is 0 Å². The molecule has 0 saturated carbocycles. The summed E-state index contributed by atoms with van der Waals surface area (Å²) in [6.07, 6.45) is 0. The lowest BCUT2D eigenvalue weighted by Crippen LogP contribution is -2.21. The summed E-state index contributed by atoms with van der Waals surface area (Å²) >= 11 is 0. The van der Waals surface area contributed by atoms with Crippen LogP contribution < -0.4 is 10.2 Å². The Bertz CT molecular complexity index is 584. The average Bonchev–Trinajstić information content (AvgIpc) is 2.45. The molecule has 2 aromatic carbocycles. The van der Waals surface area contributed by atoms with Gasteiger partial charge in [-0.15, -0.1) is 0 Å². The van der Waals surface area contributed by atoms with E-state index in [1.807, 2.05) is 0 Å². The topological polar surface area (TPSA) is 15.3 Å². The van der Waals surface area contributed by atoms with Crippen molar-refractivity contribution in [3.8, 4) is 0 Å². The van der Waals surface area contributed by atoms with Crippen LogP contribution in [0.2, 0.25) is 0 Å². The average molecular weight is 282 g/mol. The lowest BCUT2D eigenvalue weighted by molar-refractivity contribution is 0.598. The maximum atomic E-state index is 3.50. The molecule has 0 aliphatic rings. The molecular formula is C19H26N2. The van der Waals surface area contributed by atoms with Crippen molar-refractivity contribution in [3.63, 3.8) is 0 Å². The molecule has 1 N–H and O–H groups in total. The fourth-order valence-corrected chi connectivity index (χ4v) is 2.86. The van der Waals surface area contributed by atoms with E-state index in [0.717, 1.165) is 6.54 Å². The van der Waals surface area contributed by atoms with Gasteiger partial charge in [-0.1, -0.05) is 31.2 Å². The van der Waals surface area contributed by atoms with Crippen molar-refractivity contribution in [2.75, 3.05) is 18.5 Å². The Hall–Kier alpha value is -1.80. The van der Waals surface area contributed by atoms with E-state index in [9.17, 15) is 0 Å². The number of rotatable bonds is 5. The second kappa shape index (κ2) is 6.77. The van der Waals surface area contributed by atoms with Crippen LogP contribution >= 0.6 is 0 Å². The largest absolute Gasteiger partial charge is 0.344 e. The third-order valence-corrected chi connectivity index (χ3v) is 3.87. The molecule has 0 aliphatic carbocycles. The Balaban J connectivity index is 2.41. The smallest absolute Gasteiger partial charge is 0.0456 e. The Labute approximate surface area is 128 Å². The zero-order chi connectivity index (χ0) is 15.4. The van der Waals surface area contributed by atoms with Gasteiger partial charge in [-0.2, -0.15) is 0 Å². The summed E-state index contributed by atoms with van der Waals surface area (Å²) in [5, 5.41) is 3.50. The van der Waals surface area contributed by atoms with E-state index < -0.39 is 0 Å². The summed E-state index contributed by atoms with van der Waals surface area (Å²) in [6.45, 7) is 9.64. The molecule has 0 aliphatic heterocycles. The highest BCUT2D eigenvalue weighted by atomic mass is 15.1. The van der Waals surface area contributed by atoms with Gasteiger partial charge in [-0.25, -0.2) is 0 Å². The van der Waals surface area contributed by atoms with Crippen LogP contribution in [0.5, 0.6) is 0 Å². The van der Waals surface area contributed by atoms with Gasteiger partial charge >= 0.3 is 0 Å². The zero-order valence-electron chi connectivity index (χ0n) is 13.8. The van der Waals surface area contributed by atoms with Crippen LogP contribution in [0.4, 0.5) is 11.4 Å². The summed E-state index contributed by atoms with van der Waals surface area (Å²) in [7, 11) is 2.14. The minimum Gasteiger partial charge on any atom is -0.344 e. The summed E-state index contributed by atoms with van der Waals surface area (Å²) in [6, 6.07) is 15.7. The van der Waals surface area contributed by atoms with Crippen molar-refractivity contribution in [2.45, 2.75) is 33.7 Å². The fourth-order valence-electron chi connectivity index (χ4n) is 2.86. The van der Waals surface area contributed by atoms with Crippen LogP contribution in [0.25, 0.3) is 0 Å². The number of hydrogen-bond donors (Lipinski definition) is 1. The van der Waals surface area contributed by atoms with E-state index in [2.05, 4.69) is 87.4 Å². The van der Waals surface area contributed by atoms with Gasteiger partial charge in [0.1, 0.15) is 0 Å². The van der Waals surface area contributed by atoms with E-state index in [4.69, 9.17) is 0 Å². The maximum absolute atomic E-state index is 3.50. The van der Waals surface area contributed by atoms with Crippen LogP contribution in [-0.2, 0) is 0 Å². The van der Waals surface area contributed by atoms with E-state index in [-0.39, 0.29) is 0 Å². The number of nitrogens with one attached hydrogen (secondary N) is 1. The first-order valence-corrected chi connectivity index (χ1v) is 7.67. The molecule has 0 fully saturated rings. The van der Waals surface area contributed by atoms with Crippen LogP contribution in [0.1, 0.15) is 36.6 Å². The zero-order valence-corrected chi connectivity index (χ0v) is 13.8. The number of nitrogens with zero attached hydrogens (tertiary/aromatic N) is 1. The van der Waals surface area contributed by atoms with Crippen LogP contribution in [0.3, 0.4) is 0 Å². The predicted octanol–water partition coefficient (Wildman–Crippen LogP) is 4.74. The van der Waals surface area contributed by atoms with Crippen LogP contribution in [0, 0.1) is 13.8 Å². The van der Waals surface area contributed by atoms with Gasteiger partial charge in [0, 0.05) is 24.5 Å². The van der Waals surface area contributed by atoms with Gasteiger partial charge in [-0.05, 0) is 62.2 Å². The molecule has 2 nitrogen and oxygen atoms in total. The molecule has 21 heavy (non-hydrogen) atoms. The first-order chi connectivity index (χ1) is 10.0. The highest BCUT2D eigenvalue weighted by Gasteiger charge is 2.13. The van der Waals surface area contributed by atoms with Crippen molar-refractivity contribution in [1.82, 2.24) is 5.32 Å². The highest BCUT2D eigenvalue weighted by Crippen LogP contribution is 2.31. The number of benzene rings is 2. The van der Waals surface area contributed by atoms with E-state index >= 15 is 0 Å². The summed E-state index contributed by atoms with van der Waals surface area (Å²) in [5.41, 5.74) is 6.43. The summed E-state index contributed by atoms with van der Waals surface area (Å²) in [5.74, 6) is 0. The lowest BCUT2D eigenvalue weighted by atomic mass is 10.0. The molecule has 1 atom stereocenters. The maximum Gasteiger partial charge on any atom is 0.0456 e. The standard InChI is InChI=1S/C19H26N2/c1-6-20-16(4)18-9-7-8-10-19(18)21(5)17-12-14(2)11-15(3)13-17/h7-13,16,20H,6H2,1-5H3. The van der Waals surface area contributed by atoms with Crippen molar-refractivity contribution < 1.29 is 0 Å². The third kappa shape index (κ3) is 3.64. The summed E-state index contributed by atoms with van der Waals surface area (Å²) < 4.78 is 0. The van der Waals surface area contributed by atoms with Crippen LogP contribution in [0.15, 0.2) is 42.5 Å². The molecule has 2 aromatic rings. The van der Waals surface area contributed by atoms with Crippen molar-refractivity contribution >= 4 is 11.4 Å². The Kier molecular flexibility index (Phi) is 5.03. The molecule has 1 unspecified atom stereocenters. The minimum absolute atomic E-state index is 0.347. The van der Waals surface area contributed by atoms with E-state index in [0.29, 0.717) is 6.04 Å². The van der Waals surface area contributed by atoms with Gasteiger partial charge in [0.05, 0.1) is 0 Å². The van der Waals surface area contributed by atoms with Crippen LogP contribution in [-0.4, -0.2) is 13.6 Å². The van der Waals surface area contributed by atoms with E-state index in [1.54, 1.807) is 0 Å². The van der Waals surface area contributed by atoms with Gasteiger partial charge in [0.15, 0.2) is 0 Å². The Morgan fingerprint density at radius 1 is 1.05 bits per heavy atom. The Morgan fingerprint density at radius 3 is 2.29 bits per heavy atom. The van der Waals surface area contributed by atoms with Gasteiger partial charge in [-0.3, -0.25) is 0 Å². The highest BCUT2D eigenvalue weighted by molar-refractivity contribution is 5.67. The second-order valence-corrected chi connectivity index (χ2v) is 5.74. The molecule has 0 bridgehead atoms. The lowest BCUT2D eigenvalue weighted by Gasteiger charge is -2.26. The number of para-hydroxylation sites is 1. The fraction of sp³-hybridized carbons (Fsp3) is 0.368. The number of aryl methyl sites for hydroxylation is 2. The van der Waals surface area contributed by atoms with Gasteiger partial charge < -0.3 is 10.2 Å². The molecule has 0 aromatic heterocycles. The molecule has 112 valence electrons. The molecular weight excluding hydrogens is 256 g/mol. The molecule has 2 rings (SSSR count). The predicted molar refractivity (Wildman–Crippen MR) is 92.5 cm³/mol. The quantitative estimate of drug-likeness (QED) is 0.852. The third-order valence-electron chi connectivity index (χ3n) is 3.87. The van der Waals surface area contributed by atoms with E-state index in [1.165, 1.54) is 28.1 Å². The molecule has 0 radical (unpaired) electrons. The second-order valence-electron chi connectivity index (χ2n) is 5.74. The summed E-state index contributed by atoms with van der Waals surface area (Å²) in [4.78, 5) is 2.28. The van der Waals surface area contributed by atoms with Gasteiger partial charge in [0.25, 0.3) is 0 Å². The first kappa shape index (κ1) is 15.6. The molecule has 0 amide bonds. The number of anilines is 2. The van der Waals surface area contributed by atoms with Crippen molar-refractivity contribution in [1.29, 1.82) is 0 Å². The first-order valence-electron chi connectivity index (χ1n) is 7.67. The SMILES string of the molecule is CCNC(C)c1ccccc1N(C)c1cc(C)cc(C)c1. The molecule has 0 spiro atoms. The molecule has 0 heterocycles. The Morgan fingerprint density at radius 2 is 1.67 bits per heavy atom. The normalized spacial score (nSPS) is 12.2. The minimum atomic E-state index is 0.347. The van der Waals surface area contributed by atoms with Crippen molar-refractivity contribution in [2.24, 2.45) is 0 Å². The van der Waals surface area contributed by atoms with Crippen molar-refractivity contribution in [3.05, 3.63) is 59.2 Å². The monoisotopic (exact) mass is 282 g/mol. The number of hydrogen-bond acceptors (Lipinski definition) is 2. The molecule has 2 heteroatoms.